The lowest BCUT2D eigenvalue weighted by Crippen LogP contribution is -2.20. The van der Waals surface area contributed by atoms with E-state index in [1.165, 1.54) is 12.1 Å². The highest BCUT2D eigenvalue weighted by molar-refractivity contribution is 6.35. The van der Waals surface area contributed by atoms with E-state index >= 15 is 0 Å². The lowest BCUT2D eigenvalue weighted by Gasteiger charge is -2.22. The Labute approximate surface area is 173 Å². The summed E-state index contributed by atoms with van der Waals surface area (Å²) in [5, 5.41) is 0.511. The molecular weight excluding hydrogens is 391 g/mol. The minimum Gasteiger partial charge on any atom is -0.364 e. The average Bonchev–Trinajstić information content (AvgIpc) is 2.96. The summed E-state index contributed by atoms with van der Waals surface area (Å²) in [6.07, 6.45) is 0. The van der Waals surface area contributed by atoms with Crippen molar-refractivity contribution in [1.82, 2.24) is 9.55 Å². The molecule has 1 aliphatic heterocycles. The van der Waals surface area contributed by atoms with Crippen molar-refractivity contribution in [3.63, 3.8) is 0 Å². The maximum Gasteiger partial charge on any atom is 0.269 e. The zero-order valence-electron chi connectivity index (χ0n) is 16.3. The number of nitrogens with two attached hydrogens (primary N) is 1. The van der Waals surface area contributed by atoms with Crippen LogP contribution >= 0.6 is 11.6 Å². The molecule has 1 amide bonds. The second-order valence-electron chi connectivity index (χ2n) is 7.99. The molecule has 2 heterocycles. The van der Waals surface area contributed by atoms with Gasteiger partial charge in [0.2, 0.25) is 0 Å². The Morgan fingerprint density at radius 3 is 2.55 bits per heavy atom. The van der Waals surface area contributed by atoms with Crippen molar-refractivity contribution in [3.8, 4) is 5.69 Å². The standard InChI is InChI=1S/C22H20ClFN4O/c1-22(2,3)21-27-19(20(25)29)17-11-26-18(13-6-4-5-7-15(13)23)14-10-12(24)8-9-16(14)28(17)21/h4-10H,11H2,1-3H3,(H2,25,29). The highest BCUT2D eigenvalue weighted by Crippen LogP contribution is 2.34. The first kappa shape index (κ1) is 19.3. The van der Waals surface area contributed by atoms with Crippen LogP contribution in [0.3, 0.4) is 0 Å². The number of imidazole rings is 1. The maximum atomic E-state index is 14.3. The molecular formula is C22H20ClFN4O. The van der Waals surface area contributed by atoms with Gasteiger partial charge in [-0.25, -0.2) is 9.37 Å². The minimum absolute atomic E-state index is 0.165. The predicted molar refractivity (Wildman–Crippen MR) is 112 cm³/mol. The largest absolute Gasteiger partial charge is 0.364 e. The van der Waals surface area contributed by atoms with Crippen LogP contribution in [0, 0.1) is 5.82 Å². The summed E-state index contributed by atoms with van der Waals surface area (Å²) in [5.74, 6) is -0.353. The fourth-order valence-electron chi connectivity index (χ4n) is 3.58. The molecule has 0 aliphatic carbocycles. The number of hydrogen-bond acceptors (Lipinski definition) is 3. The van der Waals surface area contributed by atoms with Gasteiger partial charge in [-0.1, -0.05) is 50.6 Å². The van der Waals surface area contributed by atoms with Crippen LogP contribution in [-0.2, 0) is 12.0 Å². The summed E-state index contributed by atoms with van der Waals surface area (Å²) in [6, 6.07) is 11.8. The number of halogens is 2. The van der Waals surface area contributed by atoms with Crippen molar-refractivity contribution < 1.29 is 9.18 Å². The molecule has 148 valence electrons. The number of aromatic nitrogens is 2. The summed E-state index contributed by atoms with van der Waals surface area (Å²) in [4.78, 5) is 21.4. The predicted octanol–water partition coefficient (Wildman–Crippen LogP) is 4.41. The normalized spacial score (nSPS) is 13.3. The van der Waals surface area contributed by atoms with Gasteiger partial charge in [0.15, 0.2) is 5.69 Å². The number of amides is 1. The molecule has 2 aromatic carbocycles. The van der Waals surface area contributed by atoms with Gasteiger partial charge in [-0.15, -0.1) is 0 Å². The summed E-state index contributed by atoms with van der Waals surface area (Å²) in [5.41, 5.74) is 8.50. The third-order valence-corrected chi connectivity index (χ3v) is 5.18. The number of benzene rings is 2. The smallest absolute Gasteiger partial charge is 0.269 e. The number of fused-ring (bicyclic) bond motifs is 3. The third kappa shape index (κ3) is 3.23. The van der Waals surface area contributed by atoms with Gasteiger partial charge in [-0.2, -0.15) is 0 Å². The van der Waals surface area contributed by atoms with Crippen LogP contribution in [0.15, 0.2) is 47.5 Å². The van der Waals surface area contributed by atoms with Gasteiger partial charge in [0.1, 0.15) is 11.6 Å². The number of nitrogens with zero attached hydrogens (tertiary/aromatic N) is 3. The molecule has 0 fully saturated rings. The maximum absolute atomic E-state index is 14.3. The first-order valence-corrected chi connectivity index (χ1v) is 9.58. The van der Waals surface area contributed by atoms with E-state index < -0.39 is 5.91 Å². The quantitative estimate of drug-likeness (QED) is 0.679. The molecule has 1 aromatic heterocycles. The molecule has 0 atom stereocenters. The van der Waals surface area contributed by atoms with E-state index in [0.717, 1.165) is 0 Å². The number of aliphatic imine (C=N–C) groups is 1. The fourth-order valence-corrected chi connectivity index (χ4v) is 3.80. The van der Waals surface area contributed by atoms with E-state index in [9.17, 15) is 9.18 Å². The topological polar surface area (TPSA) is 73.3 Å². The summed E-state index contributed by atoms with van der Waals surface area (Å²) >= 11 is 6.42. The Bertz CT molecular complexity index is 1170. The lowest BCUT2D eigenvalue weighted by molar-refractivity contribution is 0.0995. The molecule has 3 aromatic rings. The lowest BCUT2D eigenvalue weighted by atomic mass is 9.94. The number of primary amides is 1. The van der Waals surface area contributed by atoms with E-state index in [-0.39, 0.29) is 23.5 Å². The van der Waals surface area contributed by atoms with Crippen molar-refractivity contribution in [2.24, 2.45) is 10.7 Å². The van der Waals surface area contributed by atoms with Crippen LogP contribution in [0.2, 0.25) is 5.02 Å². The third-order valence-electron chi connectivity index (χ3n) is 4.85. The summed E-state index contributed by atoms with van der Waals surface area (Å²) in [6.45, 7) is 6.16. The molecule has 4 rings (SSSR count). The molecule has 5 nitrogen and oxygen atoms in total. The number of hydrogen-bond donors (Lipinski definition) is 1. The van der Waals surface area contributed by atoms with Gasteiger partial charge in [-0.3, -0.25) is 14.4 Å². The zero-order valence-corrected chi connectivity index (χ0v) is 17.1. The monoisotopic (exact) mass is 410 g/mol. The number of carbonyl (C=O) groups is 1. The summed E-state index contributed by atoms with van der Waals surface area (Å²) < 4.78 is 16.2. The van der Waals surface area contributed by atoms with Crippen LogP contribution in [0.1, 0.15) is 53.9 Å². The van der Waals surface area contributed by atoms with Gasteiger partial charge in [0.05, 0.1) is 23.6 Å². The van der Waals surface area contributed by atoms with E-state index in [0.29, 0.717) is 39.1 Å². The van der Waals surface area contributed by atoms with Crippen molar-refractivity contribution in [2.75, 3.05) is 0 Å². The first-order chi connectivity index (χ1) is 13.7. The van der Waals surface area contributed by atoms with Crippen LogP contribution in [0.25, 0.3) is 5.69 Å². The van der Waals surface area contributed by atoms with Crippen molar-refractivity contribution in [3.05, 3.63) is 81.6 Å². The van der Waals surface area contributed by atoms with Gasteiger partial charge < -0.3 is 5.73 Å². The van der Waals surface area contributed by atoms with Crippen LogP contribution in [-0.4, -0.2) is 21.2 Å². The van der Waals surface area contributed by atoms with Crippen LogP contribution in [0.5, 0.6) is 0 Å². The second kappa shape index (κ2) is 6.81. The molecule has 0 saturated carbocycles. The van der Waals surface area contributed by atoms with Gasteiger partial charge >= 0.3 is 0 Å². The number of carbonyl (C=O) groups excluding carboxylic acids is 1. The Hall–Kier alpha value is -2.99. The Balaban J connectivity index is 2.09. The highest BCUT2D eigenvalue weighted by atomic mass is 35.5. The van der Waals surface area contributed by atoms with E-state index in [2.05, 4.69) is 4.98 Å². The van der Waals surface area contributed by atoms with Crippen LogP contribution in [0.4, 0.5) is 4.39 Å². The zero-order chi connectivity index (χ0) is 20.9. The first-order valence-electron chi connectivity index (χ1n) is 9.20. The Morgan fingerprint density at radius 1 is 1.17 bits per heavy atom. The van der Waals surface area contributed by atoms with Gasteiger partial charge in [-0.05, 0) is 24.3 Å². The molecule has 0 bridgehead atoms. The summed E-state index contributed by atoms with van der Waals surface area (Å²) in [7, 11) is 0. The van der Waals surface area contributed by atoms with Crippen LogP contribution < -0.4 is 5.73 Å². The van der Waals surface area contributed by atoms with E-state index in [1.807, 2.05) is 43.5 Å². The second-order valence-corrected chi connectivity index (χ2v) is 8.39. The van der Waals surface area contributed by atoms with Crippen molar-refractivity contribution in [2.45, 2.75) is 32.7 Å². The molecule has 2 N–H and O–H groups in total. The van der Waals surface area contributed by atoms with Crippen molar-refractivity contribution in [1.29, 1.82) is 0 Å². The molecule has 7 heteroatoms. The molecule has 0 spiro atoms. The van der Waals surface area contributed by atoms with E-state index in [4.69, 9.17) is 22.3 Å². The molecule has 0 saturated heterocycles. The van der Waals surface area contributed by atoms with Crippen molar-refractivity contribution >= 4 is 23.2 Å². The van der Waals surface area contributed by atoms with E-state index in [1.54, 1.807) is 12.1 Å². The Kier molecular flexibility index (Phi) is 4.54. The SMILES string of the molecule is CC(C)(C)c1nc(C(N)=O)c2n1-c1ccc(F)cc1C(c1ccccc1Cl)=NC2. The molecule has 1 aliphatic rings. The van der Waals surface area contributed by atoms with Gasteiger partial charge in [0.25, 0.3) is 5.91 Å². The van der Waals surface area contributed by atoms with Gasteiger partial charge in [0, 0.05) is 21.6 Å². The number of rotatable bonds is 2. The molecule has 0 radical (unpaired) electrons. The minimum atomic E-state index is -0.621. The fraction of sp³-hybridized carbons (Fsp3) is 0.227. The molecule has 0 unspecified atom stereocenters. The average molecular weight is 411 g/mol. The Morgan fingerprint density at radius 2 is 1.90 bits per heavy atom. The highest BCUT2D eigenvalue weighted by Gasteiger charge is 2.32. The molecule has 29 heavy (non-hydrogen) atoms.